The molecule has 190 valence electrons. The molecule has 6 nitrogen and oxygen atoms in total. The van der Waals surface area contributed by atoms with Crippen molar-refractivity contribution < 1.29 is 17.4 Å². The van der Waals surface area contributed by atoms with Gasteiger partial charge in [0.15, 0.2) is 9.84 Å². The molecular formula is C28H32N2O4S2. The van der Waals surface area contributed by atoms with Gasteiger partial charge in [-0.1, -0.05) is 60.2 Å². The first-order valence-corrected chi connectivity index (χ1v) is 15.3. The molecule has 3 aromatic carbocycles. The topological polar surface area (TPSA) is 83.6 Å². The smallest absolute Gasteiger partial charge is 0.238 e. The highest BCUT2D eigenvalue weighted by Crippen LogP contribution is 2.32. The Kier molecular flexibility index (Phi) is 7.14. The van der Waals surface area contributed by atoms with Gasteiger partial charge in [0, 0.05) is 19.3 Å². The van der Waals surface area contributed by atoms with Crippen LogP contribution in [0.3, 0.4) is 0 Å². The number of benzene rings is 3. The third-order valence-corrected chi connectivity index (χ3v) is 10.3. The van der Waals surface area contributed by atoms with Crippen molar-refractivity contribution in [3.63, 3.8) is 0 Å². The molecule has 8 heteroatoms. The van der Waals surface area contributed by atoms with Crippen LogP contribution in [0.15, 0.2) is 70.5 Å². The van der Waals surface area contributed by atoms with Crippen LogP contribution in [0, 0.1) is 20.8 Å². The molecule has 1 aliphatic rings. The van der Waals surface area contributed by atoms with E-state index in [0.717, 1.165) is 34.1 Å². The summed E-state index contributed by atoms with van der Waals surface area (Å²) in [5.74, 6) is 3.87. The molecule has 0 saturated heterocycles. The Morgan fingerprint density at radius 3 is 2.19 bits per heavy atom. The molecule has 1 aliphatic heterocycles. The molecule has 1 heterocycles. The van der Waals surface area contributed by atoms with E-state index in [1.165, 1.54) is 6.07 Å². The molecule has 4 rings (SSSR count). The number of fused-ring (bicyclic) bond motifs is 1. The van der Waals surface area contributed by atoms with Crippen molar-refractivity contribution in [2.75, 3.05) is 6.26 Å². The van der Waals surface area contributed by atoms with Crippen LogP contribution in [-0.2, 0) is 43.8 Å². The van der Waals surface area contributed by atoms with E-state index in [9.17, 15) is 17.4 Å². The molecule has 3 aromatic rings. The minimum atomic E-state index is -3.45. The average Bonchev–Trinajstić information content (AvgIpc) is 2.80. The first kappa shape index (κ1) is 26.1. The van der Waals surface area contributed by atoms with Crippen molar-refractivity contribution >= 4 is 31.3 Å². The predicted octanol–water partition coefficient (Wildman–Crippen LogP) is 3.75. The van der Waals surface area contributed by atoms with Gasteiger partial charge in [-0.25, -0.2) is 16.9 Å². The summed E-state index contributed by atoms with van der Waals surface area (Å²) < 4.78 is 40.6. The van der Waals surface area contributed by atoms with Gasteiger partial charge in [0.25, 0.3) is 0 Å². The van der Waals surface area contributed by atoms with Crippen molar-refractivity contribution in [2.24, 2.45) is 0 Å². The molecule has 0 saturated carbocycles. The quantitative estimate of drug-likeness (QED) is 0.498. The van der Waals surface area contributed by atoms with Crippen molar-refractivity contribution in [2.45, 2.75) is 56.1 Å². The normalized spacial score (nSPS) is 17.7. The summed E-state index contributed by atoms with van der Waals surface area (Å²) in [5.41, 5.74) is 5.39. The SMILES string of the molecule is C=S(=O)(c1c(C)cc(C)cc1C)N1Cc2ccccc2CC1C(=O)NCc1ccccc1S(C)(=O)=O. The van der Waals surface area contributed by atoms with E-state index in [-0.39, 0.29) is 17.3 Å². The van der Waals surface area contributed by atoms with Gasteiger partial charge in [-0.05, 0) is 66.9 Å². The number of sulfone groups is 1. The maximum Gasteiger partial charge on any atom is 0.238 e. The Balaban J connectivity index is 1.71. The maximum atomic E-state index is 14.4. The summed E-state index contributed by atoms with van der Waals surface area (Å²) in [7, 11) is -6.46. The monoisotopic (exact) mass is 524 g/mol. The van der Waals surface area contributed by atoms with Crippen LogP contribution in [0.5, 0.6) is 0 Å². The molecule has 2 atom stereocenters. The number of nitrogens with one attached hydrogen (secondary N) is 1. The van der Waals surface area contributed by atoms with Crippen LogP contribution in [0.2, 0.25) is 0 Å². The van der Waals surface area contributed by atoms with Gasteiger partial charge in [-0.3, -0.25) is 4.79 Å². The lowest BCUT2D eigenvalue weighted by molar-refractivity contribution is -0.125. The number of hydrogen-bond acceptors (Lipinski definition) is 4. The molecule has 0 bridgehead atoms. The highest BCUT2D eigenvalue weighted by molar-refractivity contribution is 7.98. The van der Waals surface area contributed by atoms with Crippen LogP contribution < -0.4 is 5.32 Å². The Morgan fingerprint density at radius 1 is 0.972 bits per heavy atom. The highest BCUT2D eigenvalue weighted by atomic mass is 32.2. The van der Waals surface area contributed by atoms with Gasteiger partial charge in [-0.15, -0.1) is 0 Å². The van der Waals surface area contributed by atoms with Crippen LogP contribution >= 0.6 is 0 Å². The summed E-state index contributed by atoms with van der Waals surface area (Å²) in [6.45, 7) is 6.22. The predicted molar refractivity (Wildman–Crippen MR) is 145 cm³/mol. The van der Waals surface area contributed by atoms with Gasteiger partial charge >= 0.3 is 0 Å². The molecular weight excluding hydrogens is 492 g/mol. The van der Waals surface area contributed by atoms with Crippen molar-refractivity contribution in [1.82, 2.24) is 9.62 Å². The number of aryl methyl sites for hydroxylation is 3. The minimum Gasteiger partial charge on any atom is -0.351 e. The van der Waals surface area contributed by atoms with E-state index in [4.69, 9.17) is 0 Å². The third kappa shape index (κ3) is 5.12. The van der Waals surface area contributed by atoms with E-state index < -0.39 is 25.6 Å². The molecule has 0 aromatic heterocycles. The van der Waals surface area contributed by atoms with Gasteiger partial charge in [0.2, 0.25) is 5.91 Å². The van der Waals surface area contributed by atoms with E-state index in [1.807, 2.05) is 57.2 Å². The van der Waals surface area contributed by atoms with Crippen molar-refractivity contribution in [3.8, 4) is 0 Å². The molecule has 1 N–H and O–H groups in total. The van der Waals surface area contributed by atoms with Gasteiger partial charge in [0.1, 0.15) is 6.04 Å². The fourth-order valence-electron chi connectivity index (χ4n) is 5.13. The lowest BCUT2D eigenvalue weighted by atomic mass is 9.95. The summed E-state index contributed by atoms with van der Waals surface area (Å²) in [5, 5.41) is 2.91. The van der Waals surface area contributed by atoms with E-state index >= 15 is 0 Å². The lowest BCUT2D eigenvalue weighted by Gasteiger charge is -2.38. The lowest BCUT2D eigenvalue weighted by Crippen LogP contribution is -2.52. The summed E-state index contributed by atoms with van der Waals surface area (Å²) >= 11 is 0. The Morgan fingerprint density at radius 2 is 1.56 bits per heavy atom. The Labute approximate surface area is 214 Å². The minimum absolute atomic E-state index is 0.0506. The zero-order valence-electron chi connectivity index (χ0n) is 21.1. The third-order valence-electron chi connectivity index (χ3n) is 6.64. The van der Waals surface area contributed by atoms with E-state index in [1.54, 1.807) is 22.5 Å². The second kappa shape index (κ2) is 9.84. The summed E-state index contributed by atoms with van der Waals surface area (Å²) in [6, 6.07) is 17.7. The van der Waals surface area contributed by atoms with E-state index in [2.05, 4.69) is 11.2 Å². The number of amides is 1. The molecule has 0 fully saturated rings. The van der Waals surface area contributed by atoms with Gasteiger partial charge < -0.3 is 5.32 Å². The second-order valence-corrected chi connectivity index (χ2v) is 13.7. The van der Waals surface area contributed by atoms with Crippen molar-refractivity contribution in [3.05, 3.63) is 94.0 Å². The molecule has 36 heavy (non-hydrogen) atoms. The zero-order chi connectivity index (χ0) is 26.3. The Bertz CT molecular complexity index is 1520. The second-order valence-electron chi connectivity index (χ2n) is 9.53. The van der Waals surface area contributed by atoms with Crippen LogP contribution in [-0.4, -0.2) is 41.0 Å². The summed E-state index contributed by atoms with van der Waals surface area (Å²) in [6.07, 6.45) is 1.53. The molecule has 0 aliphatic carbocycles. The number of rotatable bonds is 6. The van der Waals surface area contributed by atoms with Crippen LogP contribution in [0.1, 0.15) is 33.4 Å². The molecule has 2 unspecified atom stereocenters. The standard InChI is InChI=1S/C28H32N2O4S2/c1-19-14-20(2)27(21(3)15-19)35(4,32)30-18-24-12-7-6-10-22(24)16-25(30)28(31)29-17-23-11-8-9-13-26(23)36(5,33)34/h6-15,25H,4,16-18H2,1-3,5H3,(H,29,31). The van der Waals surface area contributed by atoms with Crippen LogP contribution in [0.4, 0.5) is 0 Å². The largest absolute Gasteiger partial charge is 0.351 e. The van der Waals surface area contributed by atoms with Crippen molar-refractivity contribution in [1.29, 1.82) is 0 Å². The fraction of sp³-hybridized carbons (Fsp3) is 0.286. The Hall–Kier alpha value is -2.94. The maximum absolute atomic E-state index is 14.4. The highest BCUT2D eigenvalue weighted by Gasteiger charge is 2.37. The number of nitrogens with zero attached hydrogens (tertiary/aromatic N) is 1. The van der Waals surface area contributed by atoms with Crippen LogP contribution in [0.25, 0.3) is 0 Å². The van der Waals surface area contributed by atoms with Gasteiger partial charge in [0.05, 0.1) is 19.5 Å². The molecule has 0 radical (unpaired) electrons. The molecule has 0 spiro atoms. The first-order valence-electron chi connectivity index (χ1n) is 11.7. The average molecular weight is 525 g/mol. The van der Waals surface area contributed by atoms with Gasteiger partial charge in [-0.2, -0.15) is 0 Å². The number of carbonyl (C=O) groups excluding carboxylic acids is 1. The summed E-state index contributed by atoms with van der Waals surface area (Å²) in [4.78, 5) is 14.4. The van der Waals surface area contributed by atoms with E-state index in [0.29, 0.717) is 23.4 Å². The first-order chi connectivity index (χ1) is 16.9. The number of carbonyl (C=O) groups is 1. The fourth-order valence-corrected chi connectivity index (χ4v) is 8.36. The number of hydrogen-bond donors (Lipinski definition) is 1. The zero-order valence-corrected chi connectivity index (χ0v) is 22.7. The molecule has 1 amide bonds.